The number of aromatic nitrogens is 2. The minimum Gasteiger partial charge on any atom is -0.381 e. The van der Waals surface area contributed by atoms with E-state index < -0.39 is 0 Å². The summed E-state index contributed by atoms with van der Waals surface area (Å²) < 4.78 is 0.594. The normalized spacial score (nSPS) is 9.69. The molecule has 0 bridgehead atoms. The fourth-order valence-corrected chi connectivity index (χ4v) is 1.20. The molecule has 3 nitrogen and oxygen atoms in total. The van der Waals surface area contributed by atoms with E-state index in [9.17, 15) is 0 Å². The maximum atomic E-state index is 5.69. The summed E-state index contributed by atoms with van der Waals surface area (Å²) in [4.78, 5) is 7.99. The molecule has 0 spiro atoms. The lowest BCUT2D eigenvalue weighted by Crippen LogP contribution is -2.00. The maximum absolute atomic E-state index is 5.69. The van der Waals surface area contributed by atoms with Crippen molar-refractivity contribution in [3.8, 4) is 0 Å². The van der Waals surface area contributed by atoms with Gasteiger partial charge in [0.05, 0.1) is 5.69 Å². The van der Waals surface area contributed by atoms with Crippen LogP contribution in [-0.4, -0.2) is 9.97 Å². The molecule has 68 valence electrons. The molecule has 13 heavy (non-hydrogen) atoms. The van der Waals surface area contributed by atoms with Gasteiger partial charge >= 0.3 is 0 Å². The molecule has 0 saturated carbocycles. The van der Waals surface area contributed by atoms with Crippen molar-refractivity contribution >= 4 is 43.9 Å². The van der Waals surface area contributed by atoms with Crippen molar-refractivity contribution in [3.05, 3.63) is 29.7 Å². The molecule has 0 amide bonds. The van der Waals surface area contributed by atoms with Crippen LogP contribution in [0.2, 0.25) is 5.15 Å². The Morgan fingerprint density at radius 2 is 2.15 bits per heavy atom. The summed E-state index contributed by atoms with van der Waals surface area (Å²) >= 11 is 8.88. The van der Waals surface area contributed by atoms with Gasteiger partial charge in [-0.2, -0.15) is 0 Å². The number of hydrogen-bond acceptors (Lipinski definition) is 3. The summed E-state index contributed by atoms with van der Waals surface area (Å²) in [6.45, 7) is 7.25. The van der Waals surface area contributed by atoms with E-state index in [0.29, 0.717) is 15.9 Å². The molecule has 0 saturated heterocycles. The molecule has 0 aromatic carbocycles. The number of nitrogens with zero attached hydrogens (tertiary/aromatic N) is 2. The van der Waals surface area contributed by atoms with Gasteiger partial charge in [0.1, 0.15) is 5.69 Å². The summed E-state index contributed by atoms with van der Waals surface area (Å²) in [5.41, 5.74) is 6.58. The van der Waals surface area contributed by atoms with Crippen LogP contribution in [0.3, 0.4) is 0 Å². The van der Waals surface area contributed by atoms with E-state index in [1.165, 1.54) is 0 Å². The van der Waals surface area contributed by atoms with Crippen LogP contribution in [0.5, 0.6) is 0 Å². The maximum Gasteiger partial charge on any atom is 0.171 e. The third-order valence-electron chi connectivity index (χ3n) is 1.36. The van der Waals surface area contributed by atoms with Crippen LogP contribution >= 0.6 is 27.5 Å². The Bertz CT molecular complexity index is 376. The lowest BCUT2D eigenvalue weighted by Gasteiger charge is -2.04. The highest BCUT2D eigenvalue weighted by Gasteiger charge is 2.08. The second-order valence-corrected chi connectivity index (χ2v) is 3.56. The minimum absolute atomic E-state index is 0.168. The van der Waals surface area contributed by atoms with E-state index in [4.69, 9.17) is 17.3 Å². The van der Waals surface area contributed by atoms with Crippen LogP contribution in [0.4, 0.5) is 5.82 Å². The van der Waals surface area contributed by atoms with Crippen LogP contribution in [0.15, 0.2) is 13.2 Å². The predicted octanol–water partition coefficient (Wildman–Crippen LogP) is 2.72. The fraction of sp³-hybridized carbons (Fsp3) is 0. The minimum atomic E-state index is 0.168. The first-order valence-electron chi connectivity index (χ1n) is 3.36. The zero-order valence-corrected chi connectivity index (χ0v) is 9.06. The van der Waals surface area contributed by atoms with Crippen molar-refractivity contribution in [1.29, 1.82) is 0 Å². The van der Waals surface area contributed by atoms with Gasteiger partial charge in [0.25, 0.3) is 0 Å². The molecule has 0 aliphatic rings. The van der Waals surface area contributed by atoms with Gasteiger partial charge in [0, 0.05) is 4.48 Å². The van der Waals surface area contributed by atoms with Crippen LogP contribution in [0, 0.1) is 0 Å². The molecule has 0 radical (unpaired) electrons. The van der Waals surface area contributed by atoms with E-state index in [1.807, 2.05) is 0 Å². The lowest BCUT2D eigenvalue weighted by atomic mass is 10.3. The molecule has 1 aromatic heterocycles. The van der Waals surface area contributed by atoms with E-state index >= 15 is 0 Å². The Morgan fingerprint density at radius 1 is 1.54 bits per heavy atom. The molecule has 0 fully saturated rings. The quantitative estimate of drug-likeness (QED) is 0.889. The first kappa shape index (κ1) is 10.2. The predicted molar refractivity (Wildman–Crippen MR) is 59.5 cm³/mol. The fourth-order valence-electron chi connectivity index (χ4n) is 0.783. The monoisotopic (exact) mass is 259 g/mol. The summed E-state index contributed by atoms with van der Waals surface area (Å²) in [5.74, 6) is 0.189. The molecule has 0 aliphatic carbocycles. The van der Waals surface area contributed by atoms with Crippen molar-refractivity contribution in [2.24, 2.45) is 0 Å². The van der Waals surface area contributed by atoms with Gasteiger partial charge in [-0.05, 0) is 22.0 Å². The summed E-state index contributed by atoms with van der Waals surface area (Å²) in [6, 6.07) is 0. The van der Waals surface area contributed by atoms with Crippen molar-refractivity contribution < 1.29 is 0 Å². The number of anilines is 1. The average Bonchev–Trinajstić information content (AvgIpc) is 2.08. The van der Waals surface area contributed by atoms with E-state index in [-0.39, 0.29) is 11.0 Å². The molecule has 1 rings (SSSR count). The van der Waals surface area contributed by atoms with Crippen LogP contribution in [0.25, 0.3) is 10.6 Å². The first-order chi connectivity index (χ1) is 6.06. The lowest BCUT2D eigenvalue weighted by molar-refractivity contribution is 1.17. The Hall–Kier alpha value is -0.870. The second-order valence-electron chi connectivity index (χ2n) is 2.24. The van der Waals surface area contributed by atoms with Crippen LogP contribution < -0.4 is 5.73 Å². The molecule has 0 aliphatic heterocycles. The zero-order valence-electron chi connectivity index (χ0n) is 6.72. The Morgan fingerprint density at radius 3 is 2.62 bits per heavy atom. The number of rotatable bonds is 2. The van der Waals surface area contributed by atoms with Gasteiger partial charge < -0.3 is 5.73 Å². The second kappa shape index (κ2) is 3.89. The van der Waals surface area contributed by atoms with Gasteiger partial charge in [-0.1, -0.05) is 24.8 Å². The molecule has 1 aromatic rings. The van der Waals surface area contributed by atoms with Gasteiger partial charge in [-0.3, -0.25) is 0 Å². The largest absolute Gasteiger partial charge is 0.381 e. The molecule has 5 heteroatoms. The van der Waals surface area contributed by atoms with Crippen molar-refractivity contribution in [2.75, 3.05) is 5.73 Å². The average molecular weight is 261 g/mol. The topological polar surface area (TPSA) is 51.8 Å². The van der Waals surface area contributed by atoms with Crippen molar-refractivity contribution in [2.45, 2.75) is 0 Å². The van der Waals surface area contributed by atoms with E-state index in [2.05, 4.69) is 39.1 Å². The van der Waals surface area contributed by atoms with Crippen molar-refractivity contribution in [1.82, 2.24) is 9.97 Å². The highest BCUT2D eigenvalue weighted by molar-refractivity contribution is 9.15. The van der Waals surface area contributed by atoms with E-state index in [1.54, 1.807) is 6.08 Å². The van der Waals surface area contributed by atoms with Crippen LogP contribution in [-0.2, 0) is 0 Å². The number of halogens is 2. The summed E-state index contributed by atoms with van der Waals surface area (Å²) in [6.07, 6.45) is 1.54. The Kier molecular flexibility index (Phi) is 3.06. The molecular weight excluding hydrogens is 253 g/mol. The number of nitrogens with two attached hydrogens (primary N) is 1. The van der Waals surface area contributed by atoms with Gasteiger partial charge in [0.2, 0.25) is 0 Å². The standard InChI is InChI=1S/C8H7BrClN3/c1-3-5-6(4(2)9)13-7(10)8(11)12-5/h3H,1-2H2,(H2,11,12). The Labute approximate surface area is 89.5 Å². The summed E-state index contributed by atoms with van der Waals surface area (Å²) in [7, 11) is 0. The molecule has 0 atom stereocenters. The highest BCUT2D eigenvalue weighted by Crippen LogP contribution is 2.24. The van der Waals surface area contributed by atoms with Crippen LogP contribution in [0.1, 0.15) is 11.4 Å². The first-order valence-corrected chi connectivity index (χ1v) is 4.53. The SMILES string of the molecule is C=Cc1nc(N)c(Cl)nc1C(=C)Br. The summed E-state index contributed by atoms with van der Waals surface area (Å²) in [5, 5.41) is 0.168. The Balaban J connectivity index is 3.41. The molecular formula is C8H7BrClN3. The number of hydrogen-bond donors (Lipinski definition) is 1. The van der Waals surface area contributed by atoms with Gasteiger partial charge in [-0.25, -0.2) is 9.97 Å². The smallest absolute Gasteiger partial charge is 0.171 e. The highest BCUT2D eigenvalue weighted by atomic mass is 79.9. The zero-order chi connectivity index (χ0) is 10.0. The van der Waals surface area contributed by atoms with Gasteiger partial charge in [-0.15, -0.1) is 0 Å². The van der Waals surface area contributed by atoms with Crippen molar-refractivity contribution in [3.63, 3.8) is 0 Å². The molecule has 0 unspecified atom stereocenters. The third-order valence-corrected chi connectivity index (χ3v) is 2.01. The third kappa shape index (κ3) is 2.08. The molecule has 2 N–H and O–H groups in total. The van der Waals surface area contributed by atoms with E-state index in [0.717, 1.165) is 0 Å². The number of nitrogen functional groups attached to an aromatic ring is 1. The molecule has 1 heterocycles. The van der Waals surface area contributed by atoms with Gasteiger partial charge in [0.15, 0.2) is 11.0 Å².